The van der Waals surface area contributed by atoms with Gasteiger partial charge in [0.05, 0.1) is 11.0 Å². The van der Waals surface area contributed by atoms with Crippen molar-refractivity contribution < 1.29 is 4.79 Å². The highest BCUT2D eigenvalue weighted by atomic mass is 32.1. The van der Waals surface area contributed by atoms with Gasteiger partial charge >= 0.3 is 0 Å². The van der Waals surface area contributed by atoms with Crippen molar-refractivity contribution in [2.75, 3.05) is 6.54 Å². The van der Waals surface area contributed by atoms with Crippen molar-refractivity contribution >= 4 is 33.2 Å². The molecule has 0 radical (unpaired) electrons. The van der Waals surface area contributed by atoms with Crippen LogP contribution in [0.1, 0.15) is 22.6 Å². The Bertz CT molecular complexity index is 1080. The van der Waals surface area contributed by atoms with Gasteiger partial charge in [-0.25, -0.2) is 9.97 Å². The number of aromatic amines is 1. The molecule has 0 spiro atoms. The predicted molar refractivity (Wildman–Crippen MR) is 96.1 cm³/mol. The first-order chi connectivity index (χ1) is 12.2. The Labute approximate surface area is 146 Å². The molecule has 0 bridgehead atoms. The van der Waals surface area contributed by atoms with Gasteiger partial charge in [0.15, 0.2) is 4.96 Å². The number of nitrogens with zero attached hydrogens (tertiary/aromatic N) is 3. The number of hydrogen-bond acceptors (Lipinski definition) is 5. The number of nitrogens with one attached hydrogen (secondary N) is 2. The Morgan fingerprint density at radius 2 is 2.20 bits per heavy atom. The normalized spacial score (nSPS) is 11.2. The summed E-state index contributed by atoms with van der Waals surface area (Å²) in [4.78, 5) is 36.9. The number of carbonyl (C=O) groups is 1. The van der Waals surface area contributed by atoms with Crippen LogP contribution in [0.15, 0.2) is 46.8 Å². The number of benzene rings is 1. The van der Waals surface area contributed by atoms with Crippen LogP contribution in [0.3, 0.4) is 0 Å². The summed E-state index contributed by atoms with van der Waals surface area (Å²) >= 11 is 1.35. The smallest absolute Gasteiger partial charge is 0.271 e. The van der Waals surface area contributed by atoms with Gasteiger partial charge in [-0.3, -0.25) is 14.0 Å². The van der Waals surface area contributed by atoms with Gasteiger partial charge in [0, 0.05) is 30.7 Å². The molecule has 3 heterocycles. The fourth-order valence-electron chi connectivity index (χ4n) is 2.66. The van der Waals surface area contributed by atoms with Gasteiger partial charge < -0.3 is 10.3 Å². The van der Waals surface area contributed by atoms with Crippen LogP contribution in [-0.2, 0) is 6.42 Å². The van der Waals surface area contributed by atoms with E-state index in [0.29, 0.717) is 11.5 Å². The Kier molecular flexibility index (Phi) is 4.02. The lowest BCUT2D eigenvalue weighted by molar-refractivity contribution is 0.0951. The molecule has 4 rings (SSSR count). The van der Waals surface area contributed by atoms with Crippen LogP contribution in [0.5, 0.6) is 0 Å². The number of aryl methyl sites for hydroxylation is 1. The van der Waals surface area contributed by atoms with Crippen LogP contribution in [0.2, 0.25) is 0 Å². The Morgan fingerprint density at radius 1 is 1.32 bits per heavy atom. The fourth-order valence-corrected chi connectivity index (χ4v) is 3.33. The van der Waals surface area contributed by atoms with E-state index >= 15 is 0 Å². The van der Waals surface area contributed by atoms with Crippen LogP contribution in [0.25, 0.3) is 16.0 Å². The lowest BCUT2D eigenvalue weighted by Crippen LogP contribution is -2.31. The minimum atomic E-state index is -0.400. The Hall–Kier alpha value is -3.00. The molecule has 1 aromatic carbocycles. The molecular weight excluding hydrogens is 338 g/mol. The molecule has 25 heavy (non-hydrogen) atoms. The molecule has 126 valence electrons. The quantitative estimate of drug-likeness (QED) is 0.537. The minimum Gasteiger partial charge on any atom is -0.352 e. The fraction of sp³-hybridized carbons (Fsp3) is 0.176. The van der Waals surface area contributed by atoms with E-state index in [1.54, 1.807) is 11.6 Å². The molecule has 3 aromatic heterocycles. The molecule has 0 saturated carbocycles. The maximum Gasteiger partial charge on any atom is 0.271 e. The average Bonchev–Trinajstić information content (AvgIpc) is 3.25. The summed E-state index contributed by atoms with van der Waals surface area (Å²) in [6.45, 7) is 0.460. The van der Waals surface area contributed by atoms with Gasteiger partial charge in [-0.05, 0) is 18.6 Å². The first-order valence-corrected chi connectivity index (χ1v) is 8.77. The second kappa shape index (κ2) is 6.48. The zero-order valence-corrected chi connectivity index (χ0v) is 14.0. The first-order valence-electron chi connectivity index (χ1n) is 7.89. The van der Waals surface area contributed by atoms with Crippen molar-refractivity contribution in [2.45, 2.75) is 12.8 Å². The van der Waals surface area contributed by atoms with E-state index in [1.807, 2.05) is 24.3 Å². The third kappa shape index (κ3) is 3.03. The van der Waals surface area contributed by atoms with Gasteiger partial charge in [0.2, 0.25) is 0 Å². The van der Waals surface area contributed by atoms with Crippen molar-refractivity contribution in [3.63, 3.8) is 0 Å². The van der Waals surface area contributed by atoms with Crippen molar-refractivity contribution in [3.8, 4) is 0 Å². The number of amides is 1. The highest BCUT2D eigenvalue weighted by Crippen LogP contribution is 2.11. The number of para-hydroxylation sites is 2. The molecular formula is C17H15N5O2S. The molecule has 0 atom stereocenters. The number of fused-ring (bicyclic) bond motifs is 2. The summed E-state index contributed by atoms with van der Waals surface area (Å²) in [7, 11) is 0. The van der Waals surface area contributed by atoms with Crippen molar-refractivity contribution in [1.82, 2.24) is 24.7 Å². The monoisotopic (exact) mass is 353 g/mol. The molecule has 1 amide bonds. The zero-order valence-electron chi connectivity index (χ0n) is 13.2. The largest absolute Gasteiger partial charge is 0.352 e. The summed E-state index contributed by atoms with van der Waals surface area (Å²) in [5.41, 5.74) is 1.65. The van der Waals surface area contributed by atoms with Gasteiger partial charge in [0.25, 0.3) is 11.5 Å². The van der Waals surface area contributed by atoms with E-state index in [1.165, 1.54) is 21.9 Å². The molecule has 7 nitrogen and oxygen atoms in total. The zero-order chi connectivity index (χ0) is 17.2. The summed E-state index contributed by atoms with van der Waals surface area (Å²) in [6, 6.07) is 7.85. The molecule has 2 N–H and O–H groups in total. The first kappa shape index (κ1) is 15.5. The lowest BCUT2D eigenvalue weighted by atomic mass is 10.2. The molecule has 0 fully saturated rings. The molecule has 8 heteroatoms. The topological polar surface area (TPSA) is 92.2 Å². The number of imidazole rings is 1. The summed E-state index contributed by atoms with van der Waals surface area (Å²) in [5, 5.41) is 4.53. The van der Waals surface area contributed by atoms with E-state index in [4.69, 9.17) is 0 Å². The lowest BCUT2D eigenvalue weighted by Gasteiger charge is -2.04. The van der Waals surface area contributed by atoms with Crippen molar-refractivity contribution in [2.24, 2.45) is 0 Å². The minimum absolute atomic E-state index is 0.0552. The number of rotatable bonds is 5. The second-order valence-corrected chi connectivity index (χ2v) is 6.47. The predicted octanol–water partition coefficient (Wildman–Crippen LogP) is 1.99. The summed E-state index contributed by atoms with van der Waals surface area (Å²) in [5.74, 6) is 0.486. The number of thiazole rings is 1. The maximum absolute atomic E-state index is 12.2. The highest BCUT2D eigenvalue weighted by Gasteiger charge is 2.13. The highest BCUT2D eigenvalue weighted by molar-refractivity contribution is 7.15. The third-order valence-corrected chi connectivity index (χ3v) is 4.67. The van der Waals surface area contributed by atoms with Crippen LogP contribution < -0.4 is 10.9 Å². The SMILES string of the molecule is O=C(NCCCc1nc2ccccc2[nH]1)c1cnc2sccn2c1=O. The van der Waals surface area contributed by atoms with E-state index < -0.39 is 5.91 Å². The summed E-state index contributed by atoms with van der Waals surface area (Å²) in [6.07, 6.45) is 4.40. The van der Waals surface area contributed by atoms with Crippen LogP contribution in [0, 0.1) is 0 Å². The van der Waals surface area contributed by atoms with E-state index in [0.717, 1.165) is 29.7 Å². The van der Waals surface area contributed by atoms with Gasteiger partial charge in [0.1, 0.15) is 11.4 Å². The Morgan fingerprint density at radius 3 is 3.08 bits per heavy atom. The Balaban J connectivity index is 1.36. The molecule has 0 unspecified atom stereocenters. The standard InChI is InChI=1S/C17H15N5O2S/c23-15(11-10-19-17-22(16(11)24)8-9-25-17)18-7-3-6-14-20-12-4-1-2-5-13(12)21-14/h1-2,4-5,8-10H,3,6-7H2,(H,18,23)(H,20,21). The summed E-state index contributed by atoms with van der Waals surface area (Å²) < 4.78 is 1.38. The van der Waals surface area contributed by atoms with Gasteiger partial charge in [-0.15, -0.1) is 11.3 Å². The molecule has 0 aliphatic heterocycles. The molecule has 4 aromatic rings. The number of aromatic nitrogens is 4. The third-order valence-electron chi connectivity index (χ3n) is 3.90. The van der Waals surface area contributed by atoms with E-state index in [2.05, 4.69) is 20.3 Å². The van der Waals surface area contributed by atoms with Crippen molar-refractivity contribution in [3.05, 3.63) is 63.8 Å². The second-order valence-electron chi connectivity index (χ2n) is 5.59. The van der Waals surface area contributed by atoms with E-state index in [9.17, 15) is 9.59 Å². The number of H-pyrrole nitrogens is 1. The van der Waals surface area contributed by atoms with Crippen molar-refractivity contribution in [1.29, 1.82) is 0 Å². The van der Waals surface area contributed by atoms with Crippen LogP contribution >= 0.6 is 11.3 Å². The number of carbonyl (C=O) groups excluding carboxylic acids is 1. The molecule has 0 aliphatic carbocycles. The van der Waals surface area contributed by atoms with Gasteiger partial charge in [-0.1, -0.05) is 12.1 Å². The van der Waals surface area contributed by atoms with E-state index in [-0.39, 0.29) is 11.1 Å². The van der Waals surface area contributed by atoms with Crippen LogP contribution in [-0.4, -0.2) is 31.8 Å². The number of hydrogen-bond donors (Lipinski definition) is 2. The van der Waals surface area contributed by atoms with Crippen LogP contribution in [0.4, 0.5) is 0 Å². The van der Waals surface area contributed by atoms with Gasteiger partial charge in [-0.2, -0.15) is 0 Å². The molecule has 0 aliphatic rings. The maximum atomic E-state index is 12.2. The average molecular weight is 353 g/mol. The molecule has 0 saturated heterocycles.